The van der Waals surface area contributed by atoms with Crippen molar-refractivity contribution in [1.29, 1.82) is 0 Å². The Kier molecular flexibility index (Phi) is 7.31. The van der Waals surface area contributed by atoms with Gasteiger partial charge in [-0.3, -0.25) is 0 Å². The summed E-state index contributed by atoms with van der Waals surface area (Å²) in [5.74, 6) is 0. The molecule has 1 aliphatic rings. The number of rotatable bonds is 5. The van der Waals surface area contributed by atoms with Crippen LogP contribution < -0.4 is 4.90 Å². The molecule has 2 nitrogen and oxygen atoms in total. The molecule has 59 heavy (non-hydrogen) atoms. The van der Waals surface area contributed by atoms with Gasteiger partial charge < -0.3 is 9.32 Å². The molecule has 0 amide bonds. The number of anilines is 3. The summed E-state index contributed by atoms with van der Waals surface area (Å²) in [7, 11) is 0. The van der Waals surface area contributed by atoms with Crippen molar-refractivity contribution >= 4 is 71.3 Å². The Hall–Kier alpha value is -7.42. The van der Waals surface area contributed by atoms with Crippen molar-refractivity contribution in [3.63, 3.8) is 0 Å². The molecule has 11 aromatic rings. The lowest BCUT2D eigenvalue weighted by Gasteiger charge is -2.33. The monoisotopic (exact) mass is 753 g/mol. The number of furan rings is 1. The molecule has 278 valence electrons. The predicted molar refractivity (Wildman–Crippen MR) is 249 cm³/mol. The lowest BCUT2D eigenvalue weighted by Crippen LogP contribution is -2.21. The average molecular weight is 754 g/mol. The molecule has 0 radical (unpaired) electrons. The van der Waals surface area contributed by atoms with Gasteiger partial charge in [0.1, 0.15) is 11.2 Å². The summed E-state index contributed by atoms with van der Waals surface area (Å²) in [4.78, 5) is 2.49. The topological polar surface area (TPSA) is 16.4 Å². The van der Waals surface area contributed by atoms with E-state index in [1.807, 2.05) is 0 Å². The maximum Gasteiger partial charge on any atom is 0.136 e. The van der Waals surface area contributed by atoms with Crippen LogP contribution in [0.15, 0.2) is 205 Å². The van der Waals surface area contributed by atoms with Crippen molar-refractivity contribution in [1.82, 2.24) is 0 Å². The van der Waals surface area contributed by atoms with E-state index in [9.17, 15) is 0 Å². The number of fused-ring (bicyclic) bond motifs is 10. The summed E-state index contributed by atoms with van der Waals surface area (Å²) in [6.45, 7) is 4.75. The third kappa shape index (κ3) is 5.20. The normalized spacial score (nSPS) is 13.1. The predicted octanol–water partition coefficient (Wildman–Crippen LogP) is 16.2. The van der Waals surface area contributed by atoms with E-state index in [1.54, 1.807) is 0 Å². The van der Waals surface area contributed by atoms with Crippen molar-refractivity contribution in [3.8, 4) is 33.4 Å². The van der Waals surface area contributed by atoms with Gasteiger partial charge in [0, 0.05) is 27.4 Å². The van der Waals surface area contributed by atoms with Gasteiger partial charge in [0.05, 0.1) is 11.4 Å². The van der Waals surface area contributed by atoms with E-state index in [0.717, 1.165) is 44.4 Å². The highest BCUT2D eigenvalue weighted by Crippen LogP contribution is 2.55. The quantitative estimate of drug-likeness (QED) is 0.163. The van der Waals surface area contributed by atoms with Crippen molar-refractivity contribution < 1.29 is 4.42 Å². The minimum absolute atomic E-state index is 0.206. The second-order valence-electron chi connectivity index (χ2n) is 16.5. The van der Waals surface area contributed by atoms with Gasteiger partial charge in [0.15, 0.2) is 0 Å². The lowest BCUT2D eigenvalue weighted by atomic mass is 9.81. The molecule has 0 bridgehead atoms. The molecule has 0 spiro atoms. The molecular weight excluding hydrogens is 715 g/mol. The fraction of sp³-hybridized carbons (Fsp3) is 0.0526. The van der Waals surface area contributed by atoms with Crippen LogP contribution in [0.3, 0.4) is 0 Å². The van der Waals surface area contributed by atoms with Crippen LogP contribution in [0.25, 0.3) is 87.6 Å². The molecule has 0 saturated heterocycles. The zero-order valence-corrected chi connectivity index (χ0v) is 32.9. The summed E-state index contributed by atoms with van der Waals surface area (Å²) in [6, 6.07) is 73.3. The van der Waals surface area contributed by atoms with Crippen LogP contribution in [-0.2, 0) is 5.41 Å². The van der Waals surface area contributed by atoms with E-state index >= 15 is 0 Å². The van der Waals surface area contributed by atoms with Gasteiger partial charge in [-0.05, 0) is 126 Å². The van der Waals surface area contributed by atoms with Gasteiger partial charge in [-0.2, -0.15) is 0 Å². The van der Waals surface area contributed by atoms with Crippen molar-refractivity contribution in [2.24, 2.45) is 0 Å². The Morgan fingerprint density at radius 1 is 0.373 bits per heavy atom. The van der Waals surface area contributed by atoms with Crippen LogP contribution >= 0.6 is 0 Å². The summed E-state index contributed by atoms with van der Waals surface area (Å²) in [5.41, 5.74) is 15.0. The van der Waals surface area contributed by atoms with Crippen molar-refractivity contribution in [3.05, 3.63) is 211 Å². The van der Waals surface area contributed by atoms with E-state index in [0.29, 0.717) is 0 Å². The first-order valence-electron chi connectivity index (χ1n) is 20.5. The van der Waals surface area contributed by atoms with Crippen LogP contribution in [0.5, 0.6) is 0 Å². The molecular formula is C57H39NO. The van der Waals surface area contributed by atoms with Crippen LogP contribution in [0.1, 0.15) is 25.0 Å². The SMILES string of the molecule is CC1(C)c2ccccc2-c2cccc(N(c3ccc(-c4ccc5c(ccc6ccccc65)c4)cc3)c3ccccc3-c3ccc4oc5cc6ccccc6cc5c4c3)c21. The Labute approximate surface area is 343 Å². The fourth-order valence-corrected chi connectivity index (χ4v) is 9.95. The summed E-state index contributed by atoms with van der Waals surface area (Å²) in [5, 5.41) is 9.73. The second-order valence-corrected chi connectivity index (χ2v) is 16.5. The van der Waals surface area contributed by atoms with Gasteiger partial charge in [0.2, 0.25) is 0 Å². The van der Waals surface area contributed by atoms with Crippen LogP contribution in [-0.4, -0.2) is 0 Å². The molecule has 0 saturated carbocycles. The molecule has 0 fully saturated rings. The molecule has 0 N–H and O–H groups in total. The highest BCUT2D eigenvalue weighted by Gasteiger charge is 2.39. The van der Waals surface area contributed by atoms with E-state index in [-0.39, 0.29) is 5.41 Å². The zero-order valence-electron chi connectivity index (χ0n) is 32.9. The Balaban J connectivity index is 1.04. The first-order valence-corrected chi connectivity index (χ1v) is 20.5. The standard InChI is InChI=1S/C57H39NO/c1-57(2)51-19-9-7-17-47(51)48-18-11-21-53(56(48)57)58(43-28-24-36(25-29-43)40-26-30-45-41(32-40)23-22-37-12-5-6-15-44(37)45)52-20-10-8-16-46(52)42-27-31-54-49(34-42)50-33-38-13-3-4-14-39(38)35-55(50)59-54/h3-35H,1-2H3. The van der Waals surface area contributed by atoms with Crippen LogP contribution in [0.4, 0.5) is 17.1 Å². The molecule has 0 unspecified atom stereocenters. The molecule has 10 aromatic carbocycles. The van der Waals surface area contributed by atoms with Crippen LogP contribution in [0, 0.1) is 0 Å². The third-order valence-corrected chi connectivity index (χ3v) is 12.8. The van der Waals surface area contributed by atoms with E-state index in [4.69, 9.17) is 4.42 Å². The minimum atomic E-state index is -0.206. The molecule has 12 rings (SSSR count). The summed E-state index contributed by atoms with van der Waals surface area (Å²) in [6.07, 6.45) is 0. The largest absolute Gasteiger partial charge is 0.456 e. The molecule has 1 aliphatic carbocycles. The van der Waals surface area contributed by atoms with Gasteiger partial charge in [-0.1, -0.05) is 159 Å². The molecule has 0 atom stereocenters. The van der Waals surface area contributed by atoms with E-state index < -0.39 is 0 Å². The molecule has 1 heterocycles. The fourth-order valence-electron chi connectivity index (χ4n) is 9.95. The minimum Gasteiger partial charge on any atom is -0.456 e. The summed E-state index contributed by atoms with van der Waals surface area (Å²) >= 11 is 0. The van der Waals surface area contributed by atoms with Crippen LogP contribution in [0.2, 0.25) is 0 Å². The molecule has 0 aliphatic heterocycles. The first kappa shape index (κ1) is 33.7. The second kappa shape index (κ2) is 12.8. The third-order valence-electron chi connectivity index (χ3n) is 12.8. The molecule has 2 heteroatoms. The first-order chi connectivity index (χ1) is 29.0. The maximum atomic E-state index is 6.45. The number of nitrogens with zero attached hydrogens (tertiary/aromatic N) is 1. The smallest absolute Gasteiger partial charge is 0.136 e. The number of hydrogen-bond donors (Lipinski definition) is 0. The zero-order chi connectivity index (χ0) is 39.2. The lowest BCUT2D eigenvalue weighted by molar-refractivity contribution is 0.661. The number of benzene rings is 10. The van der Waals surface area contributed by atoms with Gasteiger partial charge in [-0.15, -0.1) is 0 Å². The van der Waals surface area contributed by atoms with E-state index in [1.165, 1.54) is 71.4 Å². The van der Waals surface area contributed by atoms with Crippen molar-refractivity contribution in [2.45, 2.75) is 19.3 Å². The van der Waals surface area contributed by atoms with Gasteiger partial charge >= 0.3 is 0 Å². The highest BCUT2D eigenvalue weighted by molar-refractivity contribution is 6.12. The maximum absolute atomic E-state index is 6.45. The number of hydrogen-bond acceptors (Lipinski definition) is 2. The highest BCUT2D eigenvalue weighted by atomic mass is 16.3. The van der Waals surface area contributed by atoms with Gasteiger partial charge in [0.25, 0.3) is 0 Å². The number of para-hydroxylation sites is 1. The van der Waals surface area contributed by atoms with Gasteiger partial charge in [-0.25, -0.2) is 0 Å². The Bertz CT molecular complexity index is 3480. The van der Waals surface area contributed by atoms with E-state index in [2.05, 4.69) is 219 Å². The Morgan fingerprint density at radius 3 is 1.86 bits per heavy atom. The molecule has 1 aromatic heterocycles. The Morgan fingerprint density at radius 2 is 1.00 bits per heavy atom. The van der Waals surface area contributed by atoms with Crippen molar-refractivity contribution in [2.75, 3.05) is 4.90 Å². The summed E-state index contributed by atoms with van der Waals surface area (Å²) < 4.78 is 6.45. The average Bonchev–Trinajstić information content (AvgIpc) is 3.76.